The Bertz CT molecular complexity index is 576. The normalized spacial score (nSPS) is 23.0. The standard InChI is InChI=1S/C17H22F2N2O.ClH/c1-2-15(12-9-11(18)3-4-14(12)19)21-16(22)13-10-17(13)5-7-20-8-6-17;/h3-4,9,13,15,20H,2,5-8,10H2,1H3,(H,21,22);1H. The number of rotatable bonds is 4. The second-order valence-corrected chi connectivity index (χ2v) is 6.50. The lowest BCUT2D eigenvalue weighted by atomic mass is 9.91. The van der Waals surface area contributed by atoms with Crippen molar-refractivity contribution in [1.82, 2.24) is 10.6 Å². The van der Waals surface area contributed by atoms with Crippen molar-refractivity contribution in [2.45, 2.75) is 38.6 Å². The van der Waals surface area contributed by atoms with Gasteiger partial charge in [0, 0.05) is 11.5 Å². The maximum absolute atomic E-state index is 13.9. The van der Waals surface area contributed by atoms with Gasteiger partial charge < -0.3 is 10.6 Å². The van der Waals surface area contributed by atoms with Gasteiger partial charge >= 0.3 is 0 Å². The highest BCUT2D eigenvalue weighted by Gasteiger charge is 2.57. The van der Waals surface area contributed by atoms with Gasteiger partial charge in [0.2, 0.25) is 5.91 Å². The van der Waals surface area contributed by atoms with Crippen LogP contribution >= 0.6 is 12.4 Å². The number of nitrogens with one attached hydrogen (secondary N) is 2. The van der Waals surface area contributed by atoms with Gasteiger partial charge in [-0.05, 0) is 62.4 Å². The van der Waals surface area contributed by atoms with Gasteiger partial charge in [0.15, 0.2) is 0 Å². The van der Waals surface area contributed by atoms with E-state index in [0.717, 1.165) is 44.5 Å². The van der Waals surface area contributed by atoms with E-state index in [1.807, 2.05) is 6.92 Å². The molecule has 6 heteroatoms. The quantitative estimate of drug-likeness (QED) is 0.879. The minimum Gasteiger partial charge on any atom is -0.349 e. The van der Waals surface area contributed by atoms with Crippen molar-refractivity contribution in [3.8, 4) is 0 Å². The smallest absolute Gasteiger partial charge is 0.224 e. The topological polar surface area (TPSA) is 41.1 Å². The molecule has 3 rings (SSSR count). The Balaban J connectivity index is 0.00000192. The van der Waals surface area contributed by atoms with Crippen molar-refractivity contribution >= 4 is 18.3 Å². The number of benzene rings is 1. The number of carbonyl (C=O) groups is 1. The van der Waals surface area contributed by atoms with Gasteiger partial charge in [-0.25, -0.2) is 8.78 Å². The van der Waals surface area contributed by atoms with E-state index in [1.165, 1.54) is 6.07 Å². The SMILES string of the molecule is CCC(NC(=O)C1CC12CCNCC2)c1cc(F)ccc1F.Cl. The van der Waals surface area contributed by atoms with Crippen molar-refractivity contribution in [3.63, 3.8) is 0 Å². The van der Waals surface area contributed by atoms with Crippen molar-refractivity contribution < 1.29 is 13.6 Å². The zero-order valence-corrected chi connectivity index (χ0v) is 14.0. The fourth-order valence-electron chi connectivity index (χ4n) is 3.65. The lowest BCUT2D eigenvalue weighted by molar-refractivity contribution is -0.124. The molecular formula is C17H23ClF2N2O. The summed E-state index contributed by atoms with van der Waals surface area (Å²) in [7, 11) is 0. The Morgan fingerprint density at radius 2 is 2.09 bits per heavy atom. The van der Waals surface area contributed by atoms with Gasteiger partial charge in [-0.15, -0.1) is 12.4 Å². The van der Waals surface area contributed by atoms with Crippen LogP contribution in [0.15, 0.2) is 18.2 Å². The molecule has 1 heterocycles. The van der Waals surface area contributed by atoms with E-state index in [2.05, 4.69) is 10.6 Å². The Labute approximate surface area is 141 Å². The minimum atomic E-state index is -0.481. The summed E-state index contributed by atoms with van der Waals surface area (Å²) in [5.74, 6) is -0.941. The average molecular weight is 345 g/mol. The van der Waals surface area contributed by atoms with Crippen LogP contribution in [0.1, 0.15) is 44.2 Å². The maximum atomic E-state index is 13.9. The predicted molar refractivity (Wildman–Crippen MR) is 87.4 cm³/mol. The van der Waals surface area contributed by atoms with E-state index in [-0.39, 0.29) is 35.2 Å². The first-order chi connectivity index (χ1) is 10.6. The van der Waals surface area contributed by atoms with Gasteiger partial charge in [-0.1, -0.05) is 6.92 Å². The third-order valence-corrected chi connectivity index (χ3v) is 5.16. The van der Waals surface area contributed by atoms with Gasteiger partial charge in [0.05, 0.1) is 6.04 Å². The van der Waals surface area contributed by atoms with Crippen molar-refractivity contribution in [2.75, 3.05) is 13.1 Å². The number of carbonyl (C=O) groups excluding carboxylic acids is 1. The number of hydrogen-bond donors (Lipinski definition) is 2. The molecule has 2 fully saturated rings. The van der Waals surface area contributed by atoms with E-state index < -0.39 is 17.7 Å². The molecule has 1 aliphatic carbocycles. The van der Waals surface area contributed by atoms with E-state index in [4.69, 9.17) is 0 Å². The van der Waals surface area contributed by atoms with Gasteiger partial charge in [-0.3, -0.25) is 4.79 Å². The molecular weight excluding hydrogens is 322 g/mol. The highest BCUT2D eigenvalue weighted by Crippen LogP contribution is 2.58. The number of halogens is 3. The molecule has 2 aliphatic rings. The van der Waals surface area contributed by atoms with Crippen LogP contribution in [-0.4, -0.2) is 19.0 Å². The lowest BCUT2D eigenvalue weighted by Crippen LogP contribution is -2.35. The summed E-state index contributed by atoms with van der Waals surface area (Å²) < 4.78 is 27.2. The molecule has 23 heavy (non-hydrogen) atoms. The summed E-state index contributed by atoms with van der Waals surface area (Å²) in [5.41, 5.74) is 0.379. The van der Waals surface area contributed by atoms with Crippen LogP contribution in [0.5, 0.6) is 0 Å². The Morgan fingerprint density at radius 3 is 2.74 bits per heavy atom. The molecule has 1 amide bonds. The third kappa shape index (κ3) is 3.66. The van der Waals surface area contributed by atoms with E-state index in [1.54, 1.807) is 0 Å². The van der Waals surface area contributed by atoms with Crippen molar-refractivity contribution in [2.24, 2.45) is 11.3 Å². The van der Waals surface area contributed by atoms with E-state index in [9.17, 15) is 13.6 Å². The molecule has 128 valence electrons. The zero-order valence-electron chi connectivity index (χ0n) is 13.2. The Kier molecular flexibility index (Phi) is 5.63. The summed E-state index contributed by atoms with van der Waals surface area (Å²) in [6, 6.07) is 2.92. The Morgan fingerprint density at radius 1 is 1.39 bits per heavy atom. The third-order valence-electron chi connectivity index (χ3n) is 5.16. The lowest BCUT2D eigenvalue weighted by Gasteiger charge is -2.24. The van der Waals surface area contributed by atoms with Crippen molar-refractivity contribution in [3.05, 3.63) is 35.4 Å². The van der Waals surface area contributed by atoms with Crippen LogP contribution in [0, 0.1) is 23.0 Å². The van der Waals surface area contributed by atoms with Crippen LogP contribution in [0.3, 0.4) is 0 Å². The molecule has 1 saturated heterocycles. The fraction of sp³-hybridized carbons (Fsp3) is 0.588. The summed E-state index contributed by atoms with van der Waals surface area (Å²) in [6.45, 7) is 3.78. The largest absolute Gasteiger partial charge is 0.349 e. The summed E-state index contributed by atoms with van der Waals surface area (Å²) in [5, 5.41) is 6.23. The average Bonchev–Trinajstić information content (AvgIpc) is 3.21. The highest BCUT2D eigenvalue weighted by molar-refractivity contribution is 5.85. The highest BCUT2D eigenvalue weighted by atomic mass is 35.5. The van der Waals surface area contributed by atoms with Gasteiger partial charge in [0.25, 0.3) is 0 Å². The monoisotopic (exact) mass is 344 g/mol. The molecule has 2 unspecified atom stereocenters. The molecule has 2 N–H and O–H groups in total. The first-order valence-electron chi connectivity index (χ1n) is 8.02. The first kappa shape index (κ1) is 18.1. The van der Waals surface area contributed by atoms with Crippen LogP contribution in [0.25, 0.3) is 0 Å². The molecule has 2 atom stereocenters. The van der Waals surface area contributed by atoms with E-state index in [0.29, 0.717) is 6.42 Å². The summed E-state index contributed by atoms with van der Waals surface area (Å²) in [6.07, 6.45) is 3.50. The number of piperidine rings is 1. The second-order valence-electron chi connectivity index (χ2n) is 6.50. The molecule has 1 aromatic rings. The fourth-order valence-corrected chi connectivity index (χ4v) is 3.65. The first-order valence-corrected chi connectivity index (χ1v) is 8.02. The molecule has 0 radical (unpaired) electrons. The molecule has 1 aromatic carbocycles. The van der Waals surface area contributed by atoms with Crippen LogP contribution in [0.2, 0.25) is 0 Å². The zero-order chi connectivity index (χ0) is 15.7. The Hall–Kier alpha value is -1.20. The molecule has 1 spiro atoms. The molecule has 0 bridgehead atoms. The van der Waals surface area contributed by atoms with Gasteiger partial charge in [0.1, 0.15) is 11.6 Å². The van der Waals surface area contributed by atoms with Crippen LogP contribution in [-0.2, 0) is 4.79 Å². The van der Waals surface area contributed by atoms with Crippen molar-refractivity contribution in [1.29, 1.82) is 0 Å². The molecule has 0 aromatic heterocycles. The molecule has 1 aliphatic heterocycles. The van der Waals surface area contributed by atoms with Crippen LogP contribution < -0.4 is 10.6 Å². The second kappa shape index (κ2) is 7.14. The minimum absolute atomic E-state index is 0. The molecule has 1 saturated carbocycles. The predicted octanol–water partition coefficient (Wildman–Crippen LogP) is 3.34. The molecule has 3 nitrogen and oxygen atoms in total. The summed E-state index contributed by atoms with van der Waals surface area (Å²) >= 11 is 0. The van der Waals surface area contributed by atoms with Crippen LogP contribution in [0.4, 0.5) is 8.78 Å². The van der Waals surface area contributed by atoms with Gasteiger partial charge in [-0.2, -0.15) is 0 Å². The van der Waals surface area contributed by atoms with E-state index >= 15 is 0 Å². The summed E-state index contributed by atoms with van der Waals surface area (Å²) in [4.78, 5) is 12.5. The number of hydrogen-bond acceptors (Lipinski definition) is 2. The number of amides is 1. The maximum Gasteiger partial charge on any atom is 0.224 e.